The minimum absolute atomic E-state index is 0.0992. The van der Waals surface area contributed by atoms with E-state index in [1.54, 1.807) is 6.20 Å². The molecule has 1 unspecified atom stereocenters. The minimum Gasteiger partial charge on any atom is -0.308 e. The lowest BCUT2D eigenvalue weighted by Gasteiger charge is -2.18. The third-order valence-electron chi connectivity index (χ3n) is 2.85. The van der Waals surface area contributed by atoms with Crippen LogP contribution in [-0.4, -0.2) is 21.8 Å². The van der Waals surface area contributed by atoms with Crippen molar-refractivity contribution in [3.8, 4) is 0 Å². The zero-order valence-corrected chi connectivity index (χ0v) is 12.2. The van der Waals surface area contributed by atoms with Gasteiger partial charge in [0.1, 0.15) is 0 Å². The van der Waals surface area contributed by atoms with Crippen molar-refractivity contribution >= 4 is 15.9 Å². The van der Waals surface area contributed by atoms with Gasteiger partial charge in [-0.2, -0.15) is 5.10 Å². The van der Waals surface area contributed by atoms with Crippen molar-refractivity contribution in [1.82, 2.24) is 20.1 Å². The van der Waals surface area contributed by atoms with Crippen LogP contribution in [0.2, 0.25) is 0 Å². The largest absolute Gasteiger partial charge is 0.308 e. The van der Waals surface area contributed by atoms with Gasteiger partial charge in [0.05, 0.1) is 22.4 Å². The Morgan fingerprint density at radius 3 is 2.89 bits per heavy atom. The van der Waals surface area contributed by atoms with Gasteiger partial charge in [-0.3, -0.25) is 9.67 Å². The first-order chi connectivity index (χ1) is 8.77. The van der Waals surface area contributed by atoms with E-state index in [2.05, 4.69) is 44.3 Å². The number of rotatable bonds is 5. The second-order valence-electron chi connectivity index (χ2n) is 4.11. The minimum atomic E-state index is 0.0992. The summed E-state index contributed by atoms with van der Waals surface area (Å²) in [5.41, 5.74) is 2.28. The van der Waals surface area contributed by atoms with Crippen LogP contribution in [0.1, 0.15) is 30.6 Å². The van der Waals surface area contributed by atoms with E-state index in [9.17, 15) is 0 Å². The van der Waals surface area contributed by atoms with Crippen LogP contribution >= 0.6 is 15.9 Å². The fraction of sp³-hybridized carbons (Fsp3) is 0.385. The first-order valence-corrected chi connectivity index (χ1v) is 6.85. The molecular formula is C13H17BrN4. The lowest BCUT2D eigenvalue weighted by atomic mass is 10.1. The molecule has 0 fully saturated rings. The van der Waals surface area contributed by atoms with E-state index in [0.29, 0.717) is 0 Å². The molecule has 0 aliphatic heterocycles. The van der Waals surface area contributed by atoms with Crippen LogP contribution in [0.3, 0.4) is 0 Å². The van der Waals surface area contributed by atoms with Crippen LogP contribution in [0.4, 0.5) is 0 Å². The highest BCUT2D eigenvalue weighted by Gasteiger charge is 2.20. The van der Waals surface area contributed by atoms with Gasteiger partial charge < -0.3 is 5.32 Å². The Bertz CT molecular complexity index is 495. The molecule has 96 valence electrons. The Balaban J connectivity index is 2.41. The molecule has 0 bridgehead atoms. The fourth-order valence-electron chi connectivity index (χ4n) is 2.06. The molecule has 4 nitrogen and oxygen atoms in total. The molecule has 2 aromatic rings. The summed E-state index contributed by atoms with van der Waals surface area (Å²) in [7, 11) is 1.95. The maximum absolute atomic E-state index is 4.41. The first kappa shape index (κ1) is 13.2. The molecule has 0 amide bonds. The lowest BCUT2D eigenvalue weighted by molar-refractivity contribution is 0.533. The number of hydrogen-bond acceptors (Lipinski definition) is 3. The molecule has 0 aliphatic rings. The highest BCUT2D eigenvalue weighted by molar-refractivity contribution is 9.10. The predicted molar refractivity (Wildman–Crippen MR) is 75.4 cm³/mol. The summed E-state index contributed by atoms with van der Waals surface area (Å²) in [5, 5.41) is 7.74. The summed E-state index contributed by atoms with van der Waals surface area (Å²) in [6, 6.07) is 4.12. The van der Waals surface area contributed by atoms with E-state index in [1.807, 2.05) is 30.2 Å². The molecule has 1 atom stereocenters. The number of aromatic nitrogens is 3. The second-order valence-corrected chi connectivity index (χ2v) is 4.96. The molecule has 5 heteroatoms. The van der Waals surface area contributed by atoms with Crippen molar-refractivity contribution in [2.75, 3.05) is 7.05 Å². The summed E-state index contributed by atoms with van der Waals surface area (Å²) in [6.45, 7) is 3.07. The van der Waals surface area contributed by atoms with Crippen LogP contribution in [0.25, 0.3) is 0 Å². The third-order valence-corrected chi connectivity index (χ3v) is 3.46. The zero-order chi connectivity index (χ0) is 13.0. The van der Waals surface area contributed by atoms with Gasteiger partial charge in [0.25, 0.3) is 0 Å². The Kier molecular flexibility index (Phi) is 4.49. The van der Waals surface area contributed by atoms with E-state index in [4.69, 9.17) is 0 Å². The Labute approximate surface area is 116 Å². The molecule has 18 heavy (non-hydrogen) atoms. The molecule has 0 aromatic carbocycles. The van der Waals surface area contributed by atoms with Gasteiger partial charge in [0.2, 0.25) is 0 Å². The monoisotopic (exact) mass is 308 g/mol. The Hall–Kier alpha value is -1.20. The second kappa shape index (κ2) is 6.11. The Morgan fingerprint density at radius 1 is 1.44 bits per heavy atom. The maximum Gasteiger partial charge on any atom is 0.0772 e. The quantitative estimate of drug-likeness (QED) is 0.923. The van der Waals surface area contributed by atoms with Crippen molar-refractivity contribution < 1.29 is 0 Å². The lowest BCUT2D eigenvalue weighted by Crippen LogP contribution is -2.22. The van der Waals surface area contributed by atoms with Crippen molar-refractivity contribution in [2.45, 2.75) is 25.9 Å². The summed E-state index contributed by atoms with van der Waals surface area (Å²) >= 11 is 3.58. The smallest absolute Gasteiger partial charge is 0.0772 e. The van der Waals surface area contributed by atoms with E-state index in [-0.39, 0.29) is 6.04 Å². The van der Waals surface area contributed by atoms with Gasteiger partial charge in [-0.1, -0.05) is 13.0 Å². The summed E-state index contributed by atoms with van der Waals surface area (Å²) < 4.78 is 3.07. The van der Waals surface area contributed by atoms with Gasteiger partial charge in [0.15, 0.2) is 0 Å². The standard InChI is InChI=1S/C13H17BrN4/c1-3-7-18-13(11(14)9-17-18)12(15-2)10-5-4-6-16-8-10/h4-6,8-9,12,15H,3,7H2,1-2H3. The van der Waals surface area contributed by atoms with Gasteiger partial charge in [-0.25, -0.2) is 0 Å². The number of hydrogen-bond donors (Lipinski definition) is 1. The predicted octanol–water partition coefficient (Wildman–Crippen LogP) is 2.76. The topological polar surface area (TPSA) is 42.7 Å². The summed E-state index contributed by atoms with van der Waals surface area (Å²) in [4.78, 5) is 4.18. The molecule has 1 N–H and O–H groups in total. The maximum atomic E-state index is 4.41. The molecule has 0 spiro atoms. The molecule has 2 rings (SSSR count). The van der Waals surface area contributed by atoms with E-state index in [0.717, 1.165) is 28.7 Å². The van der Waals surface area contributed by atoms with Crippen LogP contribution in [0, 0.1) is 0 Å². The first-order valence-electron chi connectivity index (χ1n) is 6.06. The molecular weight excluding hydrogens is 292 g/mol. The normalized spacial score (nSPS) is 12.6. The van der Waals surface area contributed by atoms with E-state index < -0.39 is 0 Å². The van der Waals surface area contributed by atoms with Crippen LogP contribution < -0.4 is 5.32 Å². The van der Waals surface area contributed by atoms with Gasteiger partial charge >= 0.3 is 0 Å². The number of halogens is 1. The average molecular weight is 309 g/mol. The molecule has 0 saturated carbocycles. The molecule has 2 heterocycles. The Morgan fingerprint density at radius 2 is 2.28 bits per heavy atom. The fourth-order valence-corrected chi connectivity index (χ4v) is 2.58. The summed E-state index contributed by atoms with van der Waals surface area (Å²) in [6.07, 6.45) is 6.59. The molecule has 0 saturated heterocycles. The van der Waals surface area contributed by atoms with Gasteiger partial charge in [-0.15, -0.1) is 0 Å². The number of nitrogens with one attached hydrogen (secondary N) is 1. The van der Waals surface area contributed by atoms with E-state index in [1.165, 1.54) is 0 Å². The van der Waals surface area contributed by atoms with Gasteiger partial charge in [-0.05, 0) is 41.0 Å². The molecule has 0 aliphatic carbocycles. The van der Waals surface area contributed by atoms with Crippen LogP contribution in [-0.2, 0) is 6.54 Å². The van der Waals surface area contributed by atoms with Crippen molar-refractivity contribution in [3.05, 3.63) is 46.5 Å². The molecule has 2 aromatic heterocycles. The summed E-state index contributed by atoms with van der Waals surface area (Å²) in [5.74, 6) is 0. The SMILES string of the molecule is CCCn1ncc(Br)c1C(NC)c1cccnc1. The van der Waals surface area contributed by atoms with Crippen molar-refractivity contribution in [1.29, 1.82) is 0 Å². The number of aryl methyl sites for hydroxylation is 1. The zero-order valence-electron chi connectivity index (χ0n) is 10.6. The van der Waals surface area contributed by atoms with Crippen molar-refractivity contribution in [3.63, 3.8) is 0 Å². The third kappa shape index (κ3) is 2.62. The van der Waals surface area contributed by atoms with Crippen LogP contribution in [0.5, 0.6) is 0 Å². The number of nitrogens with zero attached hydrogens (tertiary/aromatic N) is 3. The number of pyridine rings is 1. The molecule has 0 radical (unpaired) electrons. The van der Waals surface area contributed by atoms with Crippen molar-refractivity contribution in [2.24, 2.45) is 0 Å². The highest BCUT2D eigenvalue weighted by atomic mass is 79.9. The average Bonchev–Trinajstić information content (AvgIpc) is 2.75. The van der Waals surface area contributed by atoms with E-state index >= 15 is 0 Å². The highest BCUT2D eigenvalue weighted by Crippen LogP contribution is 2.28. The van der Waals surface area contributed by atoms with Gasteiger partial charge in [0, 0.05) is 18.9 Å². The van der Waals surface area contributed by atoms with Crippen LogP contribution in [0.15, 0.2) is 35.2 Å².